The van der Waals surface area contributed by atoms with Crippen LogP contribution in [-0.4, -0.2) is 20.4 Å². The molecular weight excluding hydrogens is 319 g/mol. The van der Waals surface area contributed by atoms with E-state index in [1.54, 1.807) is 6.07 Å². The third kappa shape index (κ3) is 3.87. The van der Waals surface area contributed by atoms with E-state index < -0.39 is 15.8 Å². The molecule has 0 heterocycles. The van der Waals surface area contributed by atoms with Crippen molar-refractivity contribution in [3.05, 3.63) is 59.9 Å². The number of hydrogen-bond acceptors (Lipinski definition) is 3. The van der Waals surface area contributed by atoms with Crippen molar-refractivity contribution in [2.24, 2.45) is 0 Å². The highest BCUT2D eigenvalue weighted by Gasteiger charge is 2.24. The Kier molecular flexibility index (Phi) is 4.04. The summed E-state index contributed by atoms with van der Waals surface area (Å²) in [6.45, 7) is 0. The molecule has 0 saturated heterocycles. The average Bonchev–Trinajstić information content (AvgIpc) is 3.31. The Morgan fingerprint density at radius 3 is 2.52 bits per heavy atom. The van der Waals surface area contributed by atoms with Gasteiger partial charge in [0.2, 0.25) is 0 Å². The molecule has 2 N–H and O–H groups in total. The molecule has 23 heavy (non-hydrogen) atoms. The smallest absolute Gasteiger partial charge is 0.261 e. The molecule has 1 saturated carbocycles. The normalized spacial score (nSPS) is 14.3. The Bertz CT molecular complexity index is 848. The van der Waals surface area contributed by atoms with E-state index in [-0.39, 0.29) is 28.1 Å². The van der Waals surface area contributed by atoms with Crippen LogP contribution in [-0.2, 0) is 10.0 Å². The fourth-order valence-electron chi connectivity index (χ4n) is 2.07. The lowest BCUT2D eigenvalue weighted by Gasteiger charge is -2.09. The molecule has 2 aromatic rings. The van der Waals surface area contributed by atoms with Gasteiger partial charge in [0.05, 0.1) is 10.6 Å². The van der Waals surface area contributed by atoms with Gasteiger partial charge in [-0.3, -0.25) is 9.52 Å². The van der Waals surface area contributed by atoms with Crippen LogP contribution >= 0.6 is 0 Å². The standard InChI is InChI=1S/C16H15FN2O3S/c17-12-4-2-5-14(10-12)19-23(21,22)15-6-1-3-11(9-15)16(20)18-13-7-8-13/h1-6,9-10,13,19H,7-8H2,(H,18,20). The number of carbonyl (C=O) groups excluding carboxylic acids is 1. The van der Waals surface area contributed by atoms with Crippen LogP contribution in [0.2, 0.25) is 0 Å². The van der Waals surface area contributed by atoms with Gasteiger partial charge < -0.3 is 5.32 Å². The van der Waals surface area contributed by atoms with Crippen LogP contribution in [0.25, 0.3) is 0 Å². The second-order valence-electron chi connectivity index (χ2n) is 5.39. The minimum Gasteiger partial charge on any atom is -0.349 e. The topological polar surface area (TPSA) is 75.3 Å². The van der Waals surface area contributed by atoms with E-state index in [0.29, 0.717) is 0 Å². The quantitative estimate of drug-likeness (QED) is 0.882. The highest BCUT2D eigenvalue weighted by atomic mass is 32.2. The summed E-state index contributed by atoms with van der Waals surface area (Å²) < 4.78 is 40.2. The summed E-state index contributed by atoms with van der Waals surface area (Å²) >= 11 is 0. The summed E-state index contributed by atoms with van der Waals surface area (Å²) in [5.41, 5.74) is 0.400. The zero-order valence-electron chi connectivity index (χ0n) is 12.1. The van der Waals surface area contributed by atoms with E-state index in [1.807, 2.05) is 0 Å². The molecule has 0 aromatic heterocycles. The molecule has 0 spiro atoms. The van der Waals surface area contributed by atoms with Crippen molar-refractivity contribution >= 4 is 21.6 Å². The number of halogens is 1. The van der Waals surface area contributed by atoms with E-state index in [9.17, 15) is 17.6 Å². The van der Waals surface area contributed by atoms with Crippen molar-refractivity contribution in [3.8, 4) is 0 Å². The first-order valence-electron chi connectivity index (χ1n) is 7.13. The zero-order chi connectivity index (χ0) is 16.4. The molecule has 2 aromatic carbocycles. The molecule has 5 nitrogen and oxygen atoms in total. The van der Waals surface area contributed by atoms with Gasteiger partial charge in [0.1, 0.15) is 5.82 Å². The third-order valence-electron chi connectivity index (χ3n) is 3.40. The summed E-state index contributed by atoms with van der Waals surface area (Å²) in [4.78, 5) is 12.0. The van der Waals surface area contributed by atoms with Gasteiger partial charge in [0.15, 0.2) is 0 Å². The molecule has 0 bridgehead atoms. The molecule has 0 unspecified atom stereocenters. The van der Waals surface area contributed by atoms with Gasteiger partial charge in [0, 0.05) is 11.6 Å². The lowest BCUT2D eigenvalue weighted by atomic mass is 10.2. The van der Waals surface area contributed by atoms with Gasteiger partial charge in [-0.1, -0.05) is 12.1 Å². The van der Waals surface area contributed by atoms with Gasteiger partial charge in [-0.25, -0.2) is 12.8 Å². The first-order valence-corrected chi connectivity index (χ1v) is 8.62. The van der Waals surface area contributed by atoms with Crippen LogP contribution in [0.4, 0.5) is 10.1 Å². The first-order chi connectivity index (χ1) is 10.9. The zero-order valence-corrected chi connectivity index (χ0v) is 12.9. The van der Waals surface area contributed by atoms with Gasteiger partial charge in [-0.15, -0.1) is 0 Å². The maximum Gasteiger partial charge on any atom is 0.261 e. The van der Waals surface area contributed by atoms with Crippen LogP contribution in [0.3, 0.4) is 0 Å². The predicted octanol–water partition coefficient (Wildman–Crippen LogP) is 2.52. The second-order valence-corrected chi connectivity index (χ2v) is 7.07. The lowest BCUT2D eigenvalue weighted by Crippen LogP contribution is -2.25. The fraction of sp³-hybridized carbons (Fsp3) is 0.188. The number of nitrogens with one attached hydrogen (secondary N) is 2. The Hall–Kier alpha value is -2.41. The second kappa shape index (κ2) is 6.00. The van der Waals surface area contributed by atoms with Crippen molar-refractivity contribution in [2.75, 3.05) is 4.72 Å². The van der Waals surface area contributed by atoms with Crippen LogP contribution in [0.5, 0.6) is 0 Å². The van der Waals surface area contributed by atoms with E-state index in [2.05, 4.69) is 10.0 Å². The Morgan fingerprint density at radius 1 is 1.09 bits per heavy atom. The molecule has 1 amide bonds. The van der Waals surface area contributed by atoms with E-state index in [4.69, 9.17) is 0 Å². The summed E-state index contributed by atoms with van der Waals surface area (Å²) in [7, 11) is -3.90. The maximum absolute atomic E-state index is 13.2. The molecule has 3 rings (SSSR count). The van der Waals surface area contributed by atoms with Crippen LogP contribution < -0.4 is 10.0 Å². The van der Waals surface area contributed by atoms with Gasteiger partial charge in [-0.05, 0) is 49.2 Å². The van der Waals surface area contributed by atoms with Crippen LogP contribution in [0.1, 0.15) is 23.2 Å². The summed E-state index contributed by atoms with van der Waals surface area (Å²) in [6.07, 6.45) is 1.90. The van der Waals surface area contributed by atoms with Crippen molar-refractivity contribution < 1.29 is 17.6 Å². The SMILES string of the molecule is O=C(NC1CC1)c1cccc(S(=O)(=O)Nc2cccc(F)c2)c1. The Morgan fingerprint density at radius 2 is 1.83 bits per heavy atom. The van der Waals surface area contributed by atoms with E-state index in [1.165, 1.54) is 36.4 Å². The first kappa shape index (κ1) is 15.5. The highest BCUT2D eigenvalue weighted by Crippen LogP contribution is 2.21. The predicted molar refractivity (Wildman–Crippen MR) is 84.1 cm³/mol. The van der Waals surface area contributed by atoms with E-state index in [0.717, 1.165) is 18.9 Å². The molecule has 1 fully saturated rings. The molecule has 0 aliphatic heterocycles. The van der Waals surface area contributed by atoms with Gasteiger partial charge in [-0.2, -0.15) is 0 Å². The van der Waals surface area contributed by atoms with Gasteiger partial charge >= 0.3 is 0 Å². The average molecular weight is 334 g/mol. The van der Waals surface area contributed by atoms with Crippen molar-refractivity contribution in [1.82, 2.24) is 5.32 Å². The number of anilines is 1. The molecule has 0 radical (unpaired) electrons. The highest BCUT2D eigenvalue weighted by molar-refractivity contribution is 7.92. The summed E-state index contributed by atoms with van der Waals surface area (Å²) in [5, 5.41) is 2.80. The maximum atomic E-state index is 13.2. The van der Waals surface area contributed by atoms with Crippen molar-refractivity contribution in [2.45, 2.75) is 23.8 Å². The number of benzene rings is 2. The molecule has 1 aliphatic carbocycles. The Balaban J connectivity index is 1.83. The third-order valence-corrected chi connectivity index (χ3v) is 4.77. The van der Waals surface area contributed by atoms with Gasteiger partial charge in [0.25, 0.3) is 15.9 Å². The minimum atomic E-state index is -3.90. The summed E-state index contributed by atoms with van der Waals surface area (Å²) in [5.74, 6) is -0.835. The fourth-order valence-corrected chi connectivity index (χ4v) is 3.16. The number of sulfonamides is 1. The van der Waals surface area contributed by atoms with Crippen LogP contribution in [0.15, 0.2) is 53.4 Å². The lowest BCUT2D eigenvalue weighted by molar-refractivity contribution is 0.0951. The number of hydrogen-bond donors (Lipinski definition) is 2. The monoisotopic (exact) mass is 334 g/mol. The number of rotatable bonds is 5. The number of amides is 1. The minimum absolute atomic E-state index is 0.0507. The van der Waals surface area contributed by atoms with Crippen molar-refractivity contribution in [3.63, 3.8) is 0 Å². The molecule has 1 aliphatic rings. The molecule has 120 valence electrons. The van der Waals surface area contributed by atoms with Crippen LogP contribution in [0, 0.1) is 5.82 Å². The molecule has 0 atom stereocenters. The Labute approximate surface area is 133 Å². The summed E-state index contributed by atoms with van der Waals surface area (Å²) in [6, 6.07) is 11.1. The van der Waals surface area contributed by atoms with Crippen molar-refractivity contribution in [1.29, 1.82) is 0 Å². The number of carbonyl (C=O) groups is 1. The molecule has 7 heteroatoms. The molecular formula is C16H15FN2O3S. The van der Waals surface area contributed by atoms with E-state index >= 15 is 0 Å². The largest absolute Gasteiger partial charge is 0.349 e.